The topological polar surface area (TPSA) is 127 Å². The monoisotopic (exact) mass is 332 g/mol. The summed E-state index contributed by atoms with van der Waals surface area (Å²) in [6, 6.07) is 1.74. The number of rotatable bonds is 4. The van der Waals surface area contributed by atoms with Crippen molar-refractivity contribution >= 4 is 34.3 Å². The lowest BCUT2D eigenvalue weighted by molar-refractivity contribution is -0.382. The molecule has 1 aliphatic rings. The Labute approximate surface area is 136 Å². The van der Waals surface area contributed by atoms with E-state index in [1.165, 1.54) is 6.92 Å². The molecule has 24 heavy (non-hydrogen) atoms. The van der Waals surface area contributed by atoms with Crippen LogP contribution >= 0.6 is 0 Å². The first kappa shape index (κ1) is 15.9. The number of carboxylic acid groups (broad SMARTS) is 1. The van der Waals surface area contributed by atoms with Crippen LogP contribution in [0.5, 0.6) is 0 Å². The normalized spacial score (nSPS) is 16.2. The van der Waals surface area contributed by atoms with Gasteiger partial charge in [-0.3, -0.25) is 19.7 Å². The molecule has 0 fully saturated rings. The zero-order chi connectivity index (χ0) is 17.6. The minimum absolute atomic E-state index is 0.0609. The molecule has 0 saturated heterocycles. The lowest BCUT2D eigenvalue weighted by Gasteiger charge is -2.09. The number of nitrogens with one attached hydrogen (secondary N) is 1. The molecule has 0 spiro atoms. The molecular weight excluding hydrogens is 316 g/mol. The molecule has 2 N–H and O–H groups in total. The number of carbonyl (C=O) groups is 2. The van der Waals surface area contributed by atoms with Crippen LogP contribution in [0, 0.1) is 17.0 Å². The number of carbonyl (C=O) groups excluding carboxylic acids is 1. The number of fused-ring (bicyclic) bond motifs is 3. The Hall–Kier alpha value is -2.97. The zero-order valence-electron chi connectivity index (χ0n) is 13.2. The lowest BCUT2D eigenvalue weighted by Crippen LogP contribution is -2.10. The van der Waals surface area contributed by atoms with Crippen molar-refractivity contribution in [1.29, 1.82) is 0 Å². The van der Waals surface area contributed by atoms with E-state index in [2.05, 4.69) is 10.3 Å². The second-order valence-electron chi connectivity index (χ2n) is 5.93. The number of aryl methyl sites for hydroxylation is 2. The van der Waals surface area contributed by atoms with Crippen molar-refractivity contribution in [1.82, 2.24) is 9.55 Å². The molecule has 2 aromatic rings. The third-order valence-electron chi connectivity index (χ3n) is 4.22. The number of aliphatic carboxylic acids is 1. The summed E-state index contributed by atoms with van der Waals surface area (Å²) in [5.41, 5.74) is 1.21. The van der Waals surface area contributed by atoms with Crippen molar-refractivity contribution < 1.29 is 19.6 Å². The van der Waals surface area contributed by atoms with Crippen LogP contribution in [-0.2, 0) is 16.1 Å². The largest absolute Gasteiger partial charge is 0.481 e. The molecule has 0 saturated carbocycles. The first-order chi connectivity index (χ1) is 11.3. The number of nitro benzene ring substituents is 1. The van der Waals surface area contributed by atoms with Crippen LogP contribution in [0.15, 0.2) is 6.07 Å². The summed E-state index contributed by atoms with van der Waals surface area (Å²) >= 11 is 0. The van der Waals surface area contributed by atoms with Crippen LogP contribution in [-0.4, -0.2) is 31.5 Å². The summed E-state index contributed by atoms with van der Waals surface area (Å²) in [6.07, 6.45) is 0.583. The number of nitro groups is 1. The van der Waals surface area contributed by atoms with Gasteiger partial charge in [-0.2, -0.15) is 0 Å². The van der Waals surface area contributed by atoms with Crippen molar-refractivity contribution in [2.45, 2.75) is 39.2 Å². The van der Waals surface area contributed by atoms with Crippen molar-refractivity contribution in [3.8, 4) is 0 Å². The number of hydrogen-bond donors (Lipinski definition) is 2. The highest BCUT2D eigenvalue weighted by molar-refractivity contribution is 6.00. The van der Waals surface area contributed by atoms with Crippen molar-refractivity contribution in [2.24, 2.45) is 0 Å². The first-order valence-electron chi connectivity index (χ1n) is 7.47. The van der Waals surface area contributed by atoms with Crippen molar-refractivity contribution in [2.75, 3.05) is 5.32 Å². The van der Waals surface area contributed by atoms with E-state index in [0.717, 1.165) is 0 Å². The van der Waals surface area contributed by atoms with Gasteiger partial charge in [-0.05, 0) is 25.0 Å². The fourth-order valence-electron chi connectivity index (χ4n) is 3.26. The number of carboxylic acids is 1. The van der Waals surface area contributed by atoms with Gasteiger partial charge in [-0.25, -0.2) is 4.98 Å². The molecule has 1 aliphatic heterocycles. The first-order valence-corrected chi connectivity index (χ1v) is 7.47. The predicted molar refractivity (Wildman–Crippen MR) is 85.0 cm³/mol. The second kappa shape index (κ2) is 5.59. The van der Waals surface area contributed by atoms with E-state index in [4.69, 9.17) is 5.11 Å². The maximum Gasteiger partial charge on any atom is 0.320 e. The number of amides is 1. The number of nitrogens with zero attached hydrogens (tertiary/aromatic N) is 3. The fraction of sp³-hybridized carbons (Fsp3) is 0.400. The van der Waals surface area contributed by atoms with Crippen LogP contribution in [0.1, 0.15) is 37.1 Å². The van der Waals surface area contributed by atoms with E-state index in [1.807, 2.05) is 4.57 Å². The Bertz CT molecular complexity index is 886. The third-order valence-corrected chi connectivity index (χ3v) is 4.22. The highest BCUT2D eigenvalue weighted by atomic mass is 16.6. The Morgan fingerprint density at radius 2 is 2.25 bits per heavy atom. The molecule has 1 aromatic carbocycles. The number of anilines is 1. The molecule has 2 heterocycles. The summed E-state index contributed by atoms with van der Waals surface area (Å²) in [5, 5.41) is 23.1. The molecule has 0 radical (unpaired) electrons. The maximum atomic E-state index is 11.6. The van der Waals surface area contributed by atoms with E-state index in [0.29, 0.717) is 29.9 Å². The van der Waals surface area contributed by atoms with Crippen molar-refractivity contribution in [3.63, 3.8) is 0 Å². The average Bonchev–Trinajstić information content (AvgIpc) is 2.99. The fourth-order valence-corrected chi connectivity index (χ4v) is 3.26. The Kier molecular flexibility index (Phi) is 3.70. The van der Waals surface area contributed by atoms with Gasteiger partial charge in [-0.1, -0.05) is 0 Å². The minimum atomic E-state index is -0.926. The van der Waals surface area contributed by atoms with E-state index < -0.39 is 16.8 Å². The van der Waals surface area contributed by atoms with E-state index in [1.54, 1.807) is 13.0 Å². The molecule has 1 amide bonds. The van der Waals surface area contributed by atoms with Crippen LogP contribution < -0.4 is 5.32 Å². The number of hydrogen-bond acceptors (Lipinski definition) is 5. The molecule has 0 bridgehead atoms. The minimum Gasteiger partial charge on any atom is -0.481 e. The molecule has 0 aliphatic carbocycles. The van der Waals surface area contributed by atoms with E-state index in [-0.39, 0.29) is 29.2 Å². The molecule has 3 rings (SSSR count). The summed E-state index contributed by atoms with van der Waals surface area (Å²) < 4.78 is 1.83. The van der Waals surface area contributed by atoms with Crippen LogP contribution in [0.25, 0.3) is 11.0 Å². The van der Waals surface area contributed by atoms with Gasteiger partial charge < -0.3 is 15.0 Å². The van der Waals surface area contributed by atoms with Crippen LogP contribution in [0.2, 0.25) is 0 Å². The van der Waals surface area contributed by atoms with Gasteiger partial charge in [-0.15, -0.1) is 0 Å². The molecule has 9 nitrogen and oxygen atoms in total. The lowest BCUT2D eigenvalue weighted by atomic mass is 10.0. The van der Waals surface area contributed by atoms with Crippen molar-refractivity contribution in [3.05, 3.63) is 27.6 Å². The van der Waals surface area contributed by atoms with E-state index >= 15 is 0 Å². The number of aromatic nitrogens is 2. The Morgan fingerprint density at radius 1 is 1.54 bits per heavy atom. The molecule has 9 heteroatoms. The zero-order valence-corrected chi connectivity index (χ0v) is 13.2. The van der Waals surface area contributed by atoms with Gasteiger partial charge in [0, 0.05) is 19.4 Å². The molecule has 1 aromatic heterocycles. The Morgan fingerprint density at radius 3 is 2.83 bits per heavy atom. The molecule has 126 valence electrons. The molecule has 1 unspecified atom stereocenters. The molecular formula is C15H16N4O5. The average molecular weight is 332 g/mol. The highest BCUT2D eigenvalue weighted by Gasteiger charge is 2.33. The van der Waals surface area contributed by atoms with Crippen LogP contribution in [0.4, 0.5) is 11.4 Å². The van der Waals surface area contributed by atoms with Gasteiger partial charge in [0.05, 0.1) is 16.9 Å². The summed E-state index contributed by atoms with van der Waals surface area (Å²) in [6.45, 7) is 3.53. The van der Waals surface area contributed by atoms with E-state index in [9.17, 15) is 19.7 Å². The van der Waals surface area contributed by atoms with Gasteiger partial charge in [0.15, 0.2) is 5.52 Å². The van der Waals surface area contributed by atoms with Gasteiger partial charge in [0.25, 0.3) is 0 Å². The smallest absolute Gasteiger partial charge is 0.320 e. The summed E-state index contributed by atoms with van der Waals surface area (Å²) in [7, 11) is 0. The molecule has 1 atom stereocenters. The quantitative estimate of drug-likeness (QED) is 0.652. The van der Waals surface area contributed by atoms with Crippen LogP contribution in [0.3, 0.4) is 0 Å². The summed E-state index contributed by atoms with van der Waals surface area (Å²) in [5.74, 6) is -1.05. The number of imidazole rings is 1. The standard InChI is InChI=1S/C15H16N4O5/c1-7-5-10-13(14(19(23)24)12(7)16-8(2)20)17-15-9(6-11(21)22)3-4-18(10)15/h5,9H,3-4,6H2,1-2H3,(H,16,20)(H,21,22). The van der Waals surface area contributed by atoms with Gasteiger partial charge >= 0.3 is 11.7 Å². The third kappa shape index (κ3) is 2.47. The Balaban J connectivity index is 2.24. The second-order valence-corrected chi connectivity index (χ2v) is 5.93. The predicted octanol–water partition coefficient (Wildman–Crippen LogP) is 2.17. The number of benzene rings is 1. The maximum absolute atomic E-state index is 11.6. The summed E-state index contributed by atoms with van der Waals surface area (Å²) in [4.78, 5) is 37.7. The van der Waals surface area contributed by atoms with Gasteiger partial charge in [0.1, 0.15) is 11.5 Å². The SMILES string of the molecule is CC(=O)Nc1c(C)cc2c(nc3n2CCC3CC(=O)O)c1[N+](=O)[O-]. The van der Waals surface area contributed by atoms with Gasteiger partial charge in [0.2, 0.25) is 5.91 Å². The highest BCUT2D eigenvalue weighted by Crippen LogP contribution is 2.41.